The number of rotatable bonds is 3. The molecule has 7 heteroatoms. The third kappa shape index (κ3) is 3.37. The summed E-state index contributed by atoms with van der Waals surface area (Å²) in [4.78, 5) is 2.34. The fraction of sp³-hybridized carbons (Fsp3) is 0.300. The highest BCUT2D eigenvalue weighted by Gasteiger charge is 2.26. The maximum absolute atomic E-state index is 13.2. The Morgan fingerprint density at radius 2 is 1.74 bits per heavy atom. The minimum Gasteiger partial charge on any atom is -0.306 e. The highest BCUT2D eigenvalue weighted by molar-refractivity contribution is 7.90. The van der Waals surface area contributed by atoms with Gasteiger partial charge in [-0.1, -0.05) is 11.6 Å². The van der Waals surface area contributed by atoms with Crippen LogP contribution < -0.4 is 0 Å². The van der Waals surface area contributed by atoms with Gasteiger partial charge in [0.25, 0.3) is 10.0 Å². The molecule has 1 aromatic heterocycles. The van der Waals surface area contributed by atoms with E-state index in [1.165, 1.54) is 16.1 Å². The zero-order chi connectivity index (χ0) is 19.2. The van der Waals surface area contributed by atoms with Crippen molar-refractivity contribution >= 4 is 32.5 Å². The minimum atomic E-state index is -3.83. The summed E-state index contributed by atoms with van der Waals surface area (Å²) in [6.07, 6.45) is 3.66. The lowest BCUT2D eigenvalue weighted by Gasteiger charge is -2.28. The lowest BCUT2D eigenvalue weighted by atomic mass is 9.89. The van der Waals surface area contributed by atoms with Crippen molar-refractivity contribution in [2.75, 3.05) is 20.1 Å². The van der Waals surface area contributed by atoms with E-state index in [1.54, 1.807) is 18.3 Å². The van der Waals surface area contributed by atoms with E-state index in [1.807, 2.05) is 6.07 Å². The van der Waals surface area contributed by atoms with Crippen LogP contribution in [0, 0.1) is 5.82 Å². The minimum absolute atomic E-state index is 0.0608. The smallest absolute Gasteiger partial charge is 0.268 e. The highest BCUT2D eigenvalue weighted by Crippen LogP contribution is 2.36. The van der Waals surface area contributed by atoms with Crippen LogP contribution in [0.3, 0.4) is 0 Å². The summed E-state index contributed by atoms with van der Waals surface area (Å²) in [7, 11) is -1.73. The normalized spacial score (nSPS) is 16.9. The molecule has 2 aromatic carbocycles. The topological polar surface area (TPSA) is 42.3 Å². The van der Waals surface area contributed by atoms with Gasteiger partial charge in [-0.05, 0) is 86.9 Å². The zero-order valence-corrected chi connectivity index (χ0v) is 16.5. The van der Waals surface area contributed by atoms with Gasteiger partial charge >= 0.3 is 0 Å². The number of benzene rings is 2. The Bertz CT molecular complexity index is 1090. The molecule has 142 valence electrons. The Balaban J connectivity index is 1.87. The zero-order valence-electron chi connectivity index (χ0n) is 14.9. The highest BCUT2D eigenvalue weighted by atomic mass is 35.5. The number of hydrogen-bond acceptors (Lipinski definition) is 3. The van der Waals surface area contributed by atoms with E-state index in [0.717, 1.165) is 49.0 Å². The van der Waals surface area contributed by atoms with E-state index in [-0.39, 0.29) is 10.8 Å². The first-order valence-electron chi connectivity index (χ1n) is 8.86. The predicted molar refractivity (Wildman–Crippen MR) is 105 cm³/mol. The quantitative estimate of drug-likeness (QED) is 0.644. The van der Waals surface area contributed by atoms with Crippen LogP contribution in [0.2, 0.25) is 5.02 Å². The molecule has 0 radical (unpaired) electrons. The molecule has 4 rings (SSSR count). The van der Waals surface area contributed by atoms with Crippen LogP contribution in [0.25, 0.3) is 10.9 Å². The van der Waals surface area contributed by atoms with E-state index in [2.05, 4.69) is 11.9 Å². The van der Waals surface area contributed by atoms with E-state index < -0.39 is 15.8 Å². The van der Waals surface area contributed by atoms with Gasteiger partial charge in [0.1, 0.15) is 5.82 Å². The lowest BCUT2D eigenvalue weighted by molar-refractivity contribution is 0.256. The molecule has 0 spiro atoms. The molecule has 0 unspecified atom stereocenters. The molecule has 0 N–H and O–H groups in total. The first-order chi connectivity index (χ1) is 12.9. The number of piperidine rings is 1. The van der Waals surface area contributed by atoms with E-state index >= 15 is 0 Å². The Hall–Kier alpha value is -1.89. The Kier molecular flexibility index (Phi) is 4.74. The van der Waals surface area contributed by atoms with E-state index in [4.69, 9.17) is 11.6 Å². The number of nitrogens with zero attached hydrogens (tertiary/aromatic N) is 2. The van der Waals surface area contributed by atoms with Crippen LogP contribution >= 0.6 is 11.6 Å². The Morgan fingerprint density at radius 1 is 1.07 bits per heavy atom. The molecule has 1 saturated heterocycles. The van der Waals surface area contributed by atoms with Crippen LogP contribution in [-0.4, -0.2) is 37.4 Å². The van der Waals surface area contributed by atoms with Gasteiger partial charge in [-0.3, -0.25) is 0 Å². The van der Waals surface area contributed by atoms with Crippen LogP contribution in [0.5, 0.6) is 0 Å². The molecule has 3 aromatic rings. The molecule has 1 fully saturated rings. The van der Waals surface area contributed by atoms with Crippen molar-refractivity contribution in [2.45, 2.75) is 23.7 Å². The summed E-state index contributed by atoms with van der Waals surface area (Å²) in [5.74, 6) is -0.183. The van der Waals surface area contributed by atoms with Gasteiger partial charge in [0.05, 0.1) is 10.4 Å². The molecule has 27 heavy (non-hydrogen) atoms. The first-order valence-corrected chi connectivity index (χ1v) is 10.7. The third-order valence-electron chi connectivity index (χ3n) is 5.29. The van der Waals surface area contributed by atoms with Crippen LogP contribution in [0.15, 0.2) is 53.6 Å². The van der Waals surface area contributed by atoms with Crippen molar-refractivity contribution in [3.05, 3.63) is 65.1 Å². The Morgan fingerprint density at radius 3 is 2.41 bits per heavy atom. The van der Waals surface area contributed by atoms with E-state index in [9.17, 15) is 12.8 Å². The maximum atomic E-state index is 13.2. The number of likely N-dealkylation sites (tertiary alicyclic amines) is 1. The average molecular weight is 407 g/mol. The standard InChI is InChI=1S/C20H20ClFN2O2S/c1-23-10-8-14(9-11-23)19-13-24(20-7-2-15(21)12-18(19)20)27(25,26)17-5-3-16(22)4-6-17/h2-7,12-14H,8-11H2,1H3. The second-order valence-electron chi connectivity index (χ2n) is 7.08. The average Bonchev–Trinajstić information content (AvgIpc) is 3.02. The van der Waals surface area contributed by atoms with Gasteiger partial charge in [-0.15, -0.1) is 0 Å². The molecular weight excluding hydrogens is 387 g/mol. The first kappa shape index (κ1) is 18.5. The largest absolute Gasteiger partial charge is 0.306 e. The molecule has 4 nitrogen and oxygen atoms in total. The molecule has 2 heterocycles. The summed E-state index contributed by atoms with van der Waals surface area (Å²) in [6.45, 7) is 1.95. The second-order valence-corrected chi connectivity index (χ2v) is 9.33. The summed E-state index contributed by atoms with van der Waals surface area (Å²) in [6, 6.07) is 10.2. The number of aromatic nitrogens is 1. The maximum Gasteiger partial charge on any atom is 0.268 e. The SMILES string of the molecule is CN1CCC(c2cn(S(=O)(=O)c3ccc(F)cc3)c3ccc(Cl)cc23)CC1. The van der Waals surface area contributed by atoms with Crippen LogP contribution in [0.4, 0.5) is 4.39 Å². The molecule has 1 aliphatic rings. The van der Waals surface area contributed by atoms with Crippen LogP contribution in [0.1, 0.15) is 24.3 Å². The van der Waals surface area contributed by atoms with Gasteiger partial charge in [-0.25, -0.2) is 16.8 Å². The number of hydrogen-bond donors (Lipinski definition) is 0. The van der Waals surface area contributed by atoms with Crippen molar-refractivity contribution < 1.29 is 12.8 Å². The van der Waals surface area contributed by atoms with Crippen molar-refractivity contribution in [3.63, 3.8) is 0 Å². The fourth-order valence-electron chi connectivity index (χ4n) is 3.76. The second kappa shape index (κ2) is 6.93. The van der Waals surface area contributed by atoms with Crippen molar-refractivity contribution in [1.29, 1.82) is 0 Å². The van der Waals surface area contributed by atoms with Crippen molar-refractivity contribution in [2.24, 2.45) is 0 Å². The van der Waals surface area contributed by atoms with Gasteiger partial charge in [0, 0.05) is 16.6 Å². The van der Waals surface area contributed by atoms with Gasteiger partial charge < -0.3 is 4.90 Å². The number of halogens is 2. The monoisotopic (exact) mass is 406 g/mol. The predicted octanol–water partition coefficient (Wildman–Crippen LogP) is 4.48. The summed E-state index contributed by atoms with van der Waals surface area (Å²) in [5, 5.41) is 1.44. The van der Waals surface area contributed by atoms with Crippen LogP contribution in [-0.2, 0) is 10.0 Å². The summed E-state index contributed by atoms with van der Waals surface area (Å²) < 4.78 is 40.9. The fourth-order valence-corrected chi connectivity index (χ4v) is 5.31. The van der Waals surface area contributed by atoms with Crippen molar-refractivity contribution in [3.8, 4) is 0 Å². The van der Waals surface area contributed by atoms with E-state index in [0.29, 0.717) is 10.5 Å². The molecule has 0 aliphatic carbocycles. The van der Waals surface area contributed by atoms with Crippen molar-refractivity contribution in [1.82, 2.24) is 8.87 Å². The summed E-state index contributed by atoms with van der Waals surface area (Å²) >= 11 is 6.20. The Labute approximate surface area is 163 Å². The molecule has 0 atom stereocenters. The van der Waals surface area contributed by atoms with Gasteiger partial charge in [0.15, 0.2) is 0 Å². The molecule has 1 aliphatic heterocycles. The number of fused-ring (bicyclic) bond motifs is 1. The van der Waals surface area contributed by atoms with Gasteiger partial charge in [-0.2, -0.15) is 0 Å². The molecule has 0 saturated carbocycles. The molecular formula is C20H20ClFN2O2S. The molecule has 0 bridgehead atoms. The molecule has 0 amide bonds. The summed E-state index contributed by atoms with van der Waals surface area (Å²) in [5.41, 5.74) is 1.60. The van der Waals surface area contributed by atoms with Gasteiger partial charge in [0.2, 0.25) is 0 Å². The lowest BCUT2D eigenvalue weighted by Crippen LogP contribution is -2.29. The third-order valence-corrected chi connectivity index (χ3v) is 7.22.